The highest BCUT2D eigenvalue weighted by Gasteiger charge is 2.48. The van der Waals surface area contributed by atoms with Gasteiger partial charge in [-0.15, -0.1) is 0 Å². The molecule has 17 heteroatoms. The fraction of sp³-hybridized carbons (Fsp3) is 0.545. The standard InChI is InChI=1S/C11H16N2O13P2/c1-5(14)24-9-8(16)6(4-23-28(21,22)26-27(18,19)20)25-10(9)13-3-2-7(15)12-11(13)17/h2-3,6,8-10,16H,4H2,1H3,(H,21,22)(H,12,15,17)(H2,18,19,20)/t6-,8-,9-,10-/m1/s1. The zero-order valence-electron chi connectivity index (χ0n) is 14.0. The molecule has 1 aliphatic rings. The minimum atomic E-state index is -5.36. The van der Waals surface area contributed by atoms with Crippen LogP contribution in [-0.4, -0.2) is 60.2 Å². The van der Waals surface area contributed by atoms with E-state index in [1.807, 2.05) is 4.98 Å². The molecule has 2 heterocycles. The number of ether oxygens (including phenoxy) is 2. The molecule has 5 N–H and O–H groups in total. The third-order valence-corrected chi connectivity index (χ3v) is 5.50. The molecule has 0 aliphatic carbocycles. The molecule has 1 unspecified atom stereocenters. The number of aliphatic hydroxyl groups excluding tert-OH is 1. The zero-order valence-corrected chi connectivity index (χ0v) is 15.8. The number of phosphoric ester groups is 1. The maximum Gasteiger partial charge on any atom is 0.481 e. The van der Waals surface area contributed by atoms with E-state index in [0.717, 1.165) is 23.8 Å². The van der Waals surface area contributed by atoms with Crippen LogP contribution in [0, 0.1) is 0 Å². The largest absolute Gasteiger partial charge is 0.481 e. The Balaban J connectivity index is 2.22. The fourth-order valence-electron chi connectivity index (χ4n) is 2.35. The number of aliphatic hydroxyl groups is 1. The summed E-state index contributed by atoms with van der Waals surface area (Å²) in [6, 6.07) is 0.960. The zero-order chi connectivity index (χ0) is 21.3. The maximum absolute atomic E-state index is 11.9. The fourth-order valence-corrected chi connectivity index (χ4v) is 3.95. The average molecular weight is 446 g/mol. The van der Waals surface area contributed by atoms with Crippen LogP contribution in [0.3, 0.4) is 0 Å². The lowest BCUT2D eigenvalue weighted by Crippen LogP contribution is -2.40. The lowest BCUT2D eigenvalue weighted by atomic mass is 10.1. The van der Waals surface area contributed by atoms with Crippen LogP contribution in [0.4, 0.5) is 0 Å². The van der Waals surface area contributed by atoms with Gasteiger partial charge >= 0.3 is 27.3 Å². The molecule has 0 saturated carbocycles. The molecule has 1 saturated heterocycles. The molecule has 2 rings (SSSR count). The van der Waals surface area contributed by atoms with Gasteiger partial charge in [-0.3, -0.25) is 23.7 Å². The summed E-state index contributed by atoms with van der Waals surface area (Å²) in [6.45, 7) is 0.0837. The predicted octanol–water partition coefficient (Wildman–Crippen LogP) is -2.05. The Morgan fingerprint density at radius 1 is 1.32 bits per heavy atom. The van der Waals surface area contributed by atoms with E-state index in [9.17, 15) is 33.5 Å². The van der Waals surface area contributed by atoms with Crippen LogP contribution >= 0.6 is 15.6 Å². The normalized spacial score (nSPS) is 27.3. The van der Waals surface area contributed by atoms with E-state index in [4.69, 9.17) is 19.3 Å². The van der Waals surface area contributed by atoms with Crippen LogP contribution in [0.5, 0.6) is 0 Å². The molecule has 1 fully saturated rings. The van der Waals surface area contributed by atoms with Gasteiger partial charge in [0.25, 0.3) is 5.56 Å². The quantitative estimate of drug-likeness (QED) is 0.225. The predicted molar refractivity (Wildman–Crippen MR) is 85.7 cm³/mol. The van der Waals surface area contributed by atoms with Crippen LogP contribution in [0.25, 0.3) is 0 Å². The lowest BCUT2D eigenvalue weighted by molar-refractivity contribution is -0.156. The summed E-state index contributed by atoms with van der Waals surface area (Å²) in [5, 5.41) is 10.3. The van der Waals surface area contributed by atoms with Crippen LogP contribution in [0.1, 0.15) is 13.2 Å². The number of nitrogens with one attached hydrogen (secondary N) is 1. The van der Waals surface area contributed by atoms with E-state index >= 15 is 0 Å². The Kier molecular flexibility index (Phi) is 6.76. The molecule has 0 bridgehead atoms. The Morgan fingerprint density at radius 3 is 2.50 bits per heavy atom. The van der Waals surface area contributed by atoms with Crippen molar-refractivity contribution in [1.82, 2.24) is 9.55 Å². The van der Waals surface area contributed by atoms with Crippen LogP contribution in [0.2, 0.25) is 0 Å². The van der Waals surface area contributed by atoms with Crippen molar-refractivity contribution in [3.8, 4) is 0 Å². The summed E-state index contributed by atoms with van der Waals surface area (Å²) in [5.41, 5.74) is -1.68. The molecule has 0 amide bonds. The highest BCUT2D eigenvalue weighted by atomic mass is 31.3. The number of hydrogen-bond acceptors (Lipinski definition) is 10. The second kappa shape index (κ2) is 8.37. The Bertz CT molecular complexity index is 935. The third kappa shape index (κ3) is 5.91. The van der Waals surface area contributed by atoms with Gasteiger partial charge in [0.05, 0.1) is 6.61 Å². The van der Waals surface area contributed by atoms with Gasteiger partial charge in [0.1, 0.15) is 12.2 Å². The van der Waals surface area contributed by atoms with Gasteiger partial charge in [0, 0.05) is 19.2 Å². The van der Waals surface area contributed by atoms with Crippen LogP contribution < -0.4 is 11.2 Å². The first-order valence-corrected chi connectivity index (χ1v) is 10.4. The average Bonchev–Trinajstić information content (AvgIpc) is 2.79. The van der Waals surface area contributed by atoms with Gasteiger partial charge in [-0.1, -0.05) is 0 Å². The number of esters is 1. The third-order valence-electron chi connectivity index (χ3n) is 3.35. The second-order valence-electron chi connectivity index (χ2n) is 5.48. The van der Waals surface area contributed by atoms with Crippen LogP contribution in [-0.2, 0) is 32.2 Å². The second-order valence-corrected chi connectivity index (χ2v) is 8.31. The highest BCUT2D eigenvalue weighted by Crippen LogP contribution is 2.57. The monoisotopic (exact) mass is 446 g/mol. The minimum absolute atomic E-state index is 0.723. The molecule has 1 aromatic rings. The topological polar surface area (TPSA) is 224 Å². The summed E-state index contributed by atoms with van der Waals surface area (Å²) < 4.78 is 41.1. The summed E-state index contributed by atoms with van der Waals surface area (Å²) in [7, 11) is -10.6. The molecule has 5 atom stereocenters. The van der Waals surface area contributed by atoms with Crippen molar-refractivity contribution in [2.75, 3.05) is 6.61 Å². The number of nitrogens with zero attached hydrogens (tertiary/aromatic N) is 1. The van der Waals surface area contributed by atoms with E-state index in [0.29, 0.717) is 0 Å². The van der Waals surface area contributed by atoms with Crippen molar-refractivity contribution in [3.63, 3.8) is 0 Å². The van der Waals surface area contributed by atoms with Gasteiger partial charge in [-0.05, 0) is 0 Å². The molecule has 0 radical (unpaired) electrons. The highest BCUT2D eigenvalue weighted by molar-refractivity contribution is 7.60. The summed E-state index contributed by atoms with van der Waals surface area (Å²) in [6.07, 6.45) is -5.07. The number of phosphoric acid groups is 2. The first-order valence-electron chi connectivity index (χ1n) is 7.35. The lowest BCUT2D eigenvalue weighted by Gasteiger charge is -2.21. The van der Waals surface area contributed by atoms with Gasteiger partial charge in [-0.2, -0.15) is 4.31 Å². The van der Waals surface area contributed by atoms with Crippen molar-refractivity contribution in [2.24, 2.45) is 0 Å². The molecule has 1 aliphatic heterocycles. The molecule has 1 aromatic heterocycles. The first kappa shape index (κ1) is 22.6. The Labute approximate surface area is 155 Å². The summed E-state index contributed by atoms with van der Waals surface area (Å²) >= 11 is 0. The van der Waals surface area contributed by atoms with Gasteiger partial charge in [0.15, 0.2) is 12.3 Å². The molecule has 15 nitrogen and oxygen atoms in total. The van der Waals surface area contributed by atoms with Crippen molar-refractivity contribution in [2.45, 2.75) is 31.5 Å². The number of aromatic nitrogens is 2. The van der Waals surface area contributed by atoms with E-state index in [1.165, 1.54) is 0 Å². The Hall–Kier alpha value is -1.67. The molecule has 0 spiro atoms. The first-order chi connectivity index (χ1) is 12.8. The number of aromatic amines is 1. The van der Waals surface area contributed by atoms with Crippen molar-refractivity contribution in [3.05, 3.63) is 33.1 Å². The molecule has 28 heavy (non-hydrogen) atoms. The van der Waals surface area contributed by atoms with Crippen molar-refractivity contribution < 1.29 is 52.0 Å². The van der Waals surface area contributed by atoms with E-state index in [1.54, 1.807) is 0 Å². The van der Waals surface area contributed by atoms with E-state index in [2.05, 4.69) is 8.83 Å². The number of H-pyrrole nitrogens is 1. The Morgan fingerprint density at radius 2 is 1.96 bits per heavy atom. The van der Waals surface area contributed by atoms with E-state index < -0.39 is 64.0 Å². The maximum atomic E-state index is 11.9. The van der Waals surface area contributed by atoms with Crippen molar-refractivity contribution >= 4 is 21.6 Å². The minimum Gasteiger partial charge on any atom is -0.455 e. The molecular formula is C11H16N2O13P2. The van der Waals surface area contributed by atoms with Crippen LogP contribution in [0.15, 0.2) is 21.9 Å². The number of hydrogen-bond donors (Lipinski definition) is 5. The van der Waals surface area contributed by atoms with Gasteiger partial charge < -0.3 is 29.3 Å². The number of carbonyl (C=O) groups is 1. The molecule has 0 aromatic carbocycles. The number of carbonyl (C=O) groups excluding carboxylic acids is 1. The van der Waals surface area contributed by atoms with Gasteiger partial charge in [0.2, 0.25) is 0 Å². The SMILES string of the molecule is CC(=O)O[C@@H]1[C@H](O)[C@@H](COP(=O)(O)OP(=O)(O)O)O[C@H]1n1ccc(=O)[nH]c1=O. The van der Waals surface area contributed by atoms with Crippen molar-refractivity contribution in [1.29, 1.82) is 0 Å². The van der Waals surface area contributed by atoms with Gasteiger partial charge in [-0.25, -0.2) is 13.9 Å². The number of rotatable bonds is 7. The summed E-state index contributed by atoms with van der Waals surface area (Å²) in [4.78, 5) is 62.7. The molecular weight excluding hydrogens is 430 g/mol. The smallest absolute Gasteiger partial charge is 0.455 e. The molecule has 158 valence electrons. The summed E-state index contributed by atoms with van der Waals surface area (Å²) in [5.74, 6) is -0.852. The van der Waals surface area contributed by atoms with E-state index in [-0.39, 0.29) is 0 Å².